The normalized spacial score (nSPS) is 25.2. The first kappa shape index (κ1) is 16.3. The van der Waals surface area contributed by atoms with Crippen molar-refractivity contribution in [1.82, 2.24) is 5.32 Å². The summed E-state index contributed by atoms with van der Waals surface area (Å²) in [6.07, 6.45) is 4.96. The van der Waals surface area contributed by atoms with Gasteiger partial charge in [-0.2, -0.15) is 0 Å². The van der Waals surface area contributed by atoms with Crippen LogP contribution in [0.1, 0.15) is 20.3 Å². The number of rotatable bonds is 1. The van der Waals surface area contributed by atoms with Crippen LogP contribution in [0.25, 0.3) is 0 Å². The highest BCUT2D eigenvalue weighted by Crippen LogP contribution is 2.28. The molecule has 2 atom stereocenters. The minimum Gasteiger partial charge on any atom is -0.302 e. The first-order valence-electron chi connectivity index (χ1n) is 5.59. The highest BCUT2D eigenvalue weighted by atomic mass is 35.7. The Labute approximate surface area is 120 Å². The van der Waals surface area contributed by atoms with E-state index in [1.165, 1.54) is 6.08 Å². The van der Waals surface area contributed by atoms with Crippen molar-refractivity contribution in [3.63, 3.8) is 0 Å². The topological polar surface area (TPSA) is 83.5 Å². The molecular formula is C11H14ClNO4S2. The number of amides is 2. The molecule has 8 heteroatoms. The highest BCUT2D eigenvalue weighted by molar-refractivity contribution is 8.18. The van der Waals surface area contributed by atoms with E-state index in [4.69, 9.17) is 10.7 Å². The number of hydrogen-bond donors (Lipinski definition) is 2. The lowest BCUT2D eigenvalue weighted by Gasteiger charge is -2.12. The van der Waals surface area contributed by atoms with E-state index in [-0.39, 0.29) is 11.3 Å². The van der Waals surface area contributed by atoms with Gasteiger partial charge in [0.05, 0.1) is 0 Å². The summed E-state index contributed by atoms with van der Waals surface area (Å²) in [5, 5.41) is 1.06. The molecule has 1 aliphatic carbocycles. The number of allylic oxidation sites excluding steroid dienone is 3. The Morgan fingerprint density at radius 2 is 2.11 bits per heavy atom. The molecule has 2 N–H and O–H groups in total. The van der Waals surface area contributed by atoms with E-state index < -0.39 is 25.4 Å². The van der Waals surface area contributed by atoms with Crippen LogP contribution in [0.2, 0.25) is 0 Å². The molecule has 5 nitrogen and oxygen atoms in total. The summed E-state index contributed by atoms with van der Waals surface area (Å²) in [6.45, 7) is 4.00. The van der Waals surface area contributed by atoms with Crippen molar-refractivity contribution in [3.05, 3.63) is 23.8 Å². The van der Waals surface area contributed by atoms with Crippen molar-refractivity contribution >= 4 is 47.5 Å². The molecule has 2 amide bonds. The van der Waals surface area contributed by atoms with Crippen molar-refractivity contribution in [1.29, 1.82) is 0 Å². The summed E-state index contributed by atoms with van der Waals surface area (Å²) in [5.74, 6) is -0.420. The van der Waals surface area contributed by atoms with Gasteiger partial charge in [0.15, 0.2) is 9.02 Å². The first-order chi connectivity index (χ1) is 8.88. The van der Waals surface area contributed by atoms with Gasteiger partial charge in [0.2, 0.25) is 5.91 Å². The smallest absolute Gasteiger partial charge is 0.286 e. The maximum atomic E-state index is 11.4. The third kappa shape index (κ3) is 4.10. The maximum Gasteiger partial charge on any atom is 0.286 e. The molecule has 0 aromatic rings. The van der Waals surface area contributed by atoms with Gasteiger partial charge in [0.25, 0.3) is 5.24 Å². The van der Waals surface area contributed by atoms with Gasteiger partial charge in [-0.1, -0.05) is 26.0 Å². The Balaban J connectivity index is 0.000000861. The zero-order valence-corrected chi connectivity index (χ0v) is 12.8. The monoisotopic (exact) mass is 323 g/mol. The van der Waals surface area contributed by atoms with Gasteiger partial charge >= 0.3 is 0 Å². The van der Waals surface area contributed by atoms with E-state index in [0.29, 0.717) is 5.57 Å². The molecule has 1 heterocycles. The van der Waals surface area contributed by atoms with Crippen LogP contribution >= 0.6 is 22.4 Å². The number of carbonyl (C=O) groups is 2. The van der Waals surface area contributed by atoms with Gasteiger partial charge in [0, 0.05) is 22.0 Å². The van der Waals surface area contributed by atoms with Crippen LogP contribution in [-0.2, 0) is 13.8 Å². The molecule has 2 unspecified atom stereocenters. The third-order valence-corrected chi connectivity index (χ3v) is 4.84. The number of halogens is 1. The van der Waals surface area contributed by atoms with Crippen LogP contribution in [0.4, 0.5) is 4.79 Å². The molecule has 106 valence electrons. The molecule has 19 heavy (non-hydrogen) atoms. The average molecular weight is 324 g/mol. The number of thioether (sulfide) groups is 1. The maximum absolute atomic E-state index is 11.4. The fourth-order valence-corrected chi connectivity index (χ4v) is 3.25. The van der Waals surface area contributed by atoms with E-state index in [9.17, 15) is 18.4 Å². The molecule has 1 aliphatic heterocycles. The summed E-state index contributed by atoms with van der Waals surface area (Å²) in [5.41, 5.74) is 0.502. The molecule has 2 rings (SSSR count). The molecule has 0 saturated carbocycles. The summed E-state index contributed by atoms with van der Waals surface area (Å²) in [6, 6.07) is 0. The molecule has 0 bridgehead atoms. The quantitative estimate of drug-likeness (QED) is 0.571. The molecule has 0 aromatic heterocycles. The van der Waals surface area contributed by atoms with Gasteiger partial charge in [-0.05, 0) is 23.4 Å². The van der Waals surface area contributed by atoms with Crippen molar-refractivity contribution < 1.29 is 18.4 Å². The van der Waals surface area contributed by atoms with Crippen LogP contribution in [0.15, 0.2) is 23.8 Å². The second kappa shape index (κ2) is 6.60. The Morgan fingerprint density at radius 3 is 2.58 bits per heavy atom. The van der Waals surface area contributed by atoms with Gasteiger partial charge in [-0.25, -0.2) is 4.21 Å². The van der Waals surface area contributed by atoms with E-state index in [2.05, 4.69) is 5.32 Å². The number of imide groups is 1. The van der Waals surface area contributed by atoms with Crippen LogP contribution in [-0.4, -0.2) is 30.0 Å². The van der Waals surface area contributed by atoms with Crippen LogP contribution in [0, 0.1) is 0 Å². The molecule has 0 aromatic carbocycles. The van der Waals surface area contributed by atoms with Crippen LogP contribution in [0.3, 0.4) is 0 Å². The standard InChI is InChI=1S/C9H8ClNO4S2.C2H6/c10-17(14,15)6-3-1-2-5(4-6)7-8(12)11-9(13)16-7;1-2/h1-2,4,7H,3H2,(H,14,15)(H,11,12,13);1-2H3. The minimum atomic E-state index is -3.53. The van der Waals surface area contributed by atoms with Gasteiger partial charge in [-0.15, -0.1) is 0 Å². The Morgan fingerprint density at radius 1 is 1.47 bits per heavy atom. The Hall–Kier alpha value is -0.760. The minimum absolute atomic E-state index is 0.143. The molecule has 1 fully saturated rings. The Kier molecular flexibility index (Phi) is 5.66. The lowest BCUT2D eigenvalue weighted by Crippen LogP contribution is -2.26. The second-order valence-corrected chi connectivity index (χ2v) is 7.22. The van der Waals surface area contributed by atoms with Crippen LogP contribution < -0.4 is 5.32 Å². The lowest BCUT2D eigenvalue weighted by molar-refractivity contribution is -0.118. The van der Waals surface area contributed by atoms with Gasteiger partial charge in [-0.3, -0.25) is 14.9 Å². The van der Waals surface area contributed by atoms with E-state index >= 15 is 0 Å². The summed E-state index contributed by atoms with van der Waals surface area (Å²) >= 11 is 0.843. The average Bonchev–Trinajstić information content (AvgIpc) is 2.70. The largest absolute Gasteiger partial charge is 0.302 e. The zero-order chi connectivity index (χ0) is 14.6. The molecular weight excluding hydrogens is 310 g/mol. The summed E-state index contributed by atoms with van der Waals surface area (Å²) in [7, 11) is 1.81. The molecule has 0 spiro atoms. The third-order valence-electron chi connectivity index (χ3n) is 2.27. The Bertz CT molecular complexity index is 565. The predicted octanol–water partition coefficient (Wildman–Crippen LogP) is 2.33. The summed E-state index contributed by atoms with van der Waals surface area (Å²) in [4.78, 5) is 22.6. The molecule has 1 saturated heterocycles. The molecule has 0 radical (unpaired) electrons. The van der Waals surface area contributed by atoms with Crippen molar-refractivity contribution in [2.45, 2.75) is 25.5 Å². The van der Waals surface area contributed by atoms with Crippen LogP contribution in [0.5, 0.6) is 0 Å². The fraction of sp³-hybridized carbons (Fsp3) is 0.364. The van der Waals surface area contributed by atoms with E-state index in [0.717, 1.165) is 11.8 Å². The second-order valence-electron chi connectivity index (χ2n) is 3.45. The van der Waals surface area contributed by atoms with Crippen molar-refractivity contribution in [2.75, 3.05) is 0 Å². The van der Waals surface area contributed by atoms with Crippen molar-refractivity contribution in [2.24, 2.45) is 0 Å². The lowest BCUT2D eigenvalue weighted by atomic mass is 10.0. The van der Waals surface area contributed by atoms with E-state index in [1.54, 1.807) is 12.2 Å². The van der Waals surface area contributed by atoms with Gasteiger partial charge < -0.3 is 4.55 Å². The molecule has 2 aliphatic rings. The van der Waals surface area contributed by atoms with E-state index in [1.807, 2.05) is 13.8 Å². The SMILES string of the molecule is CC.O=C1NC(=O)C(C2=CC(=S(=O)(O)Cl)CC=C2)S1. The number of hydrogen-bond acceptors (Lipinski definition) is 4. The zero-order valence-electron chi connectivity index (χ0n) is 10.4. The predicted molar refractivity (Wildman–Crippen MR) is 79.7 cm³/mol. The number of nitrogens with one attached hydrogen (secondary N) is 1. The highest BCUT2D eigenvalue weighted by Gasteiger charge is 2.34. The summed E-state index contributed by atoms with van der Waals surface area (Å²) < 4.78 is 20.5. The van der Waals surface area contributed by atoms with Gasteiger partial charge in [0.1, 0.15) is 5.25 Å². The fourth-order valence-electron chi connectivity index (χ4n) is 1.52. The first-order valence-corrected chi connectivity index (χ1v) is 8.82. The number of carbonyl (C=O) groups excluding carboxylic acids is 2. The van der Waals surface area contributed by atoms with Crippen molar-refractivity contribution in [3.8, 4) is 0 Å².